The number of benzene rings is 1. The maximum absolute atomic E-state index is 11.3. The van der Waals surface area contributed by atoms with Crippen LogP contribution in [-0.2, 0) is 9.53 Å². The van der Waals surface area contributed by atoms with Crippen molar-refractivity contribution in [1.29, 1.82) is 0 Å². The summed E-state index contributed by atoms with van der Waals surface area (Å²) in [4.78, 5) is 15.6. The van der Waals surface area contributed by atoms with Gasteiger partial charge in [-0.15, -0.1) is 0 Å². The molecule has 0 bridgehead atoms. The highest BCUT2D eigenvalue weighted by atomic mass is 16.5. The zero-order chi connectivity index (χ0) is 12.4. The molecule has 0 N–H and O–H groups in total. The van der Waals surface area contributed by atoms with Crippen LogP contribution in [-0.4, -0.2) is 11.9 Å². The summed E-state index contributed by atoms with van der Waals surface area (Å²) in [5.41, 5.74) is 3.95. The first kappa shape index (κ1) is 11.6. The number of hydrogen-bond donors (Lipinski definition) is 0. The predicted molar refractivity (Wildman–Crippen MR) is 67.4 cm³/mol. The molecule has 3 heteroatoms. The third-order valence-corrected chi connectivity index (χ3v) is 2.66. The van der Waals surface area contributed by atoms with Crippen molar-refractivity contribution in [1.82, 2.24) is 0 Å². The number of hydrogen-bond acceptors (Lipinski definition) is 3. The molecule has 0 aliphatic carbocycles. The number of aryl methyl sites for hydroxylation is 1. The summed E-state index contributed by atoms with van der Waals surface area (Å²) >= 11 is 0. The molecule has 3 nitrogen and oxygen atoms in total. The Morgan fingerprint density at radius 2 is 1.88 bits per heavy atom. The second kappa shape index (κ2) is 4.53. The monoisotopic (exact) mass is 229 g/mol. The van der Waals surface area contributed by atoms with E-state index in [0.717, 1.165) is 16.8 Å². The third-order valence-electron chi connectivity index (χ3n) is 2.66. The van der Waals surface area contributed by atoms with E-state index >= 15 is 0 Å². The van der Waals surface area contributed by atoms with Crippen molar-refractivity contribution in [2.24, 2.45) is 4.99 Å². The van der Waals surface area contributed by atoms with E-state index in [-0.39, 0.29) is 5.97 Å². The Balaban J connectivity index is 2.36. The van der Waals surface area contributed by atoms with Crippen LogP contribution in [0.3, 0.4) is 0 Å². The summed E-state index contributed by atoms with van der Waals surface area (Å²) < 4.78 is 5.12. The van der Waals surface area contributed by atoms with Gasteiger partial charge in [-0.05, 0) is 32.9 Å². The van der Waals surface area contributed by atoms with Crippen molar-refractivity contribution in [3.8, 4) is 0 Å². The van der Waals surface area contributed by atoms with Crippen molar-refractivity contribution in [2.75, 3.05) is 0 Å². The molecule has 88 valence electrons. The maximum Gasteiger partial charge on any atom is 0.317 e. The van der Waals surface area contributed by atoms with E-state index in [2.05, 4.69) is 4.99 Å². The van der Waals surface area contributed by atoms with Crippen LogP contribution < -0.4 is 0 Å². The molecular weight excluding hydrogens is 214 g/mol. The number of carbonyl (C=O) groups is 1. The van der Waals surface area contributed by atoms with E-state index in [1.807, 2.05) is 45.0 Å². The molecule has 0 unspecified atom stereocenters. The average molecular weight is 229 g/mol. The summed E-state index contributed by atoms with van der Waals surface area (Å²) in [7, 11) is 0. The lowest BCUT2D eigenvalue weighted by Crippen LogP contribution is -1.99. The number of nitrogens with zero attached hydrogens (tertiary/aromatic N) is 1. The summed E-state index contributed by atoms with van der Waals surface area (Å²) in [6.07, 6.45) is 0.326. The van der Waals surface area contributed by atoms with Crippen molar-refractivity contribution in [3.63, 3.8) is 0 Å². The molecular formula is C14H15NO2. The number of cyclic esters (lactones) is 1. The molecule has 1 aliphatic rings. The van der Waals surface area contributed by atoms with Crippen LogP contribution in [0.2, 0.25) is 0 Å². The molecule has 1 saturated heterocycles. The Morgan fingerprint density at radius 3 is 2.47 bits per heavy atom. The molecule has 1 aromatic rings. The van der Waals surface area contributed by atoms with E-state index < -0.39 is 0 Å². The van der Waals surface area contributed by atoms with Crippen molar-refractivity contribution in [3.05, 3.63) is 41.0 Å². The van der Waals surface area contributed by atoms with Crippen LogP contribution >= 0.6 is 0 Å². The summed E-state index contributed by atoms with van der Waals surface area (Å²) in [5, 5.41) is 0. The first-order valence-corrected chi connectivity index (χ1v) is 5.59. The van der Waals surface area contributed by atoms with Crippen molar-refractivity contribution >= 4 is 17.6 Å². The van der Waals surface area contributed by atoms with Crippen LogP contribution in [0.15, 0.2) is 40.4 Å². The third kappa shape index (κ3) is 2.61. The minimum absolute atomic E-state index is 0.230. The van der Waals surface area contributed by atoms with Gasteiger partial charge in [0.15, 0.2) is 0 Å². The fourth-order valence-corrected chi connectivity index (χ4v) is 1.64. The van der Waals surface area contributed by atoms with E-state index in [1.54, 1.807) is 0 Å². The van der Waals surface area contributed by atoms with Gasteiger partial charge in [0.1, 0.15) is 0 Å². The Hall–Kier alpha value is -1.90. The van der Waals surface area contributed by atoms with Crippen LogP contribution in [0.5, 0.6) is 0 Å². The van der Waals surface area contributed by atoms with E-state index in [0.29, 0.717) is 12.3 Å². The van der Waals surface area contributed by atoms with Gasteiger partial charge < -0.3 is 4.74 Å². The SMILES string of the molecule is CC(C)=C1CC(=O)OC1=Nc1ccc(C)cc1. The number of carbonyl (C=O) groups excluding carboxylic acids is 1. The minimum atomic E-state index is -0.230. The molecule has 1 aliphatic heterocycles. The molecule has 17 heavy (non-hydrogen) atoms. The van der Waals surface area contributed by atoms with Gasteiger partial charge in [-0.25, -0.2) is 4.99 Å². The average Bonchev–Trinajstić information content (AvgIpc) is 2.63. The van der Waals surface area contributed by atoms with E-state index in [1.165, 1.54) is 5.56 Å². The lowest BCUT2D eigenvalue weighted by atomic mass is 10.1. The van der Waals surface area contributed by atoms with Gasteiger partial charge in [0.2, 0.25) is 5.90 Å². The Kier molecular flexibility index (Phi) is 3.09. The molecule has 0 amide bonds. The predicted octanol–water partition coefficient (Wildman–Crippen LogP) is 3.31. The zero-order valence-corrected chi connectivity index (χ0v) is 10.3. The van der Waals surface area contributed by atoms with Crippen molar-refractivity contribution in [2.45, 2.75) is 27.2 Å². The van der Waals surface area contributed by atoms with Crippen LogP contribution in [0.4, 0.5) is 5.69 Å². The molecule has 2 rings (SSSR count). The number of allylic oxidation sites excluding steroid dienone is 1. The Labute approximate surface area is 101 Å². The number of ether oxygens (including phenoxy) is 1. The number of esters is 1. The molecule has 0 spiro atoms. The fraction of sp³-hybridized carbons (Fsp3) is 0.286. The lowest BCUT2D eigenvalue weighted by Gasteiger charge is -2.01. The molecule has 1 aromatic carbocycles. The fourth-order valence-electron chi connectivity index (χ4n) is 1.64. The molecule has 1 fully saturated rings. The highest BCUT2D eigenvalue weighted by Crippen LogP contribution is 2.23. The standard InChI is InChI=1S/C14H15NO2/c1-9(2)12-8-13(16)17-14(12)15-11-6-4-10(3)5-7-11/h4-7H,8H2,1-3H3. The first-order valence-electron chi connectivity index (χ1n) is 5.59. The smallest absolute Gasteiger partial charge is 0.317 e. The topological polar surface area (TPSA) is 38.7 Å². The summed E-state index contributed by atoms with van der Waals surface area (Å²) in [5.74, 6) is 0.214. The molecule has 0 atom stereocenters. The number of rotatable bonds is 1. The van der Waals surface area contributed by atoms with Crippen molar-refractivity contribution < 1.29 is 9.53 Å². The summed E-state index contributed by atoms with van der Waals surface area (Å²) in [6, 6.07) is 7.80. The van der Waals surface area contributed by atoms with Gasteiger partial charge in [-0.2, -0.15) is 0 Å². The van der Waals surface area contributed by atoms with Gasteiger partial charge in [0.05, 0.1) is 12.1 Å². The van der Waals surface area contributed by atoms with Crippen LogP contribution in [0, 0.1) is 6.92 Å². The second-order valence-electron chi connectivity index (χ2n) is 4.38. The molecule has 0 radical (unpaired) electrons. The summed E-state index contributed by atoms with van der Waals surface area (Å²) in [6.45, 7) is 5.94. The quantitative estimate of drug-likeness (QED) is 0.693. The van der Waals surface area contributed by atoms with Gasteiger partial charge in [-0.1, -0.05) is 23.3 Å². The molecule has 1 heterocycles. The Morgan fingerprint density at radius 1 is 1.24 bits per heavy atom. The molecule has 0 aromatic heterocycles. The molecule has 0 saturated carbocycles. The van der Waals surface area contributed by atoms with Gasteiger partial charge in [0, 0.05) is 5.57 Å². The first-order chi connectivity index (χ1) is 8.06. The maximum atomic E-state index is 11.3. The van der Waals surface area contributed by atoms with Gasteiger partial charge in [-0.3, -0.25) is 4.79 Å². The van der Waals surface area contributed by atoms with Crippen LogP contribution in [0.25, 0.3) is 0 Å². The number of aliphatic imine (C=N–C) groups is 1. The van der Waals surface area contributed by atoms with Gasteiger partial charge in [0.25, 0.3) is 0 Å². The van der Waals surface area contributed by atoms with Gasteiger partial charge >= 0.3 is 5.97 Å². The largest absolute Gasteiger partial charge is 0.407 e. The highest BCUT2D eigenvalue weighted by molar-refractivity contribution is 6.10. The minimum Gasteiger partial charge on any atom is -0.407 e. The van der Waals surface area contributed by atoms with Crippen LogP contribution in [0.1, 0.15) is 25.8 Å². The normalized spacial score (nSPS) is 17.5. The Bertz CT molecular complexity index is 506. The lowest BCUT2D eigenvalue weighted by molar-refractivity contribution is -0.132. The van der Waals surface area contributed by atoms with E-state index in [9.17, 15) is 4.79 Å². The second-order valence-corrected chi connectivity index (χ2v) is 4.38. The highest BCUT2D eigenvalue weighted by Gasteiger charge is 2.26. The van der Waals surface area contributed by atoms with E-state index in [4.69, 9.17) is 4.74 Å². The zero-order valence-electron chi connectivity index (χ0n) is 10.3.